The van der Waals surface area contributed by atoms with Crippen LogP contribution in [-0.2, 0) is 0 Å². The molecule has 1 unspecified atom stereocenters. The van der Waals surface area contributed by atoms with Crippen LogP contribution >= 0.6 is 0 Å². The number of hydrogen-bond acceptors (Lipinski definition) is 2. The number of rotatable bonds is 6. The third kappa shape index (κ3) is 3.08. The molecular weight excluding hydrogens is 220 g/mol. The topological polar surface area (TPSA) is 15.3 Å². The van der Waals surface area contributed by atoms with E-state index in [1.807, 2.05) is 0 Å². The molecule has 0 aromatic carbocycles. The van der Waals surface area contributed by atoms with Gasteiger partial charge in [0.15, 0.2) is 0 Å². The summed E-state index contributed by atoms with van der Waals surface area (Å²) < 4.78 is 0. The maximum absolute atomic E-state index is 3.86. The van der Waals surface area contributed by atoms with Gasteiger partial charge in [-0.05, 0) is 38.0 Å². The highest BCUT2D eigenvalue weighted by Gasteiger charge is 2.37. The van der Waals surface area contributed by atoms with E-state index >= 15 is 0 Å². The summed E-state index contributed by atoms with van der Waals surface area (Å²) in [6.07, 6.45) is 9.65. The second-order valence-corrected chi connectivity index (χ2v) is 6.54. The second kappa shape index (κ2) is 6.38. The highest BCUT2D eigenvalue weighted by molar-refractivity contribution is 4.97. The molecule has 1 aliphatic heterocycles. The Hall–Kier alpha value is -0.0800. The molecule has 2 heteroatoms. The van der Waals surface area contributed by atoms with Crippen molar-refractivity contribution in [2.45, 2.75) is 77.3 Å². The van der Waals surface area contributed by atoms with Gasteiger partial charge in [0, 0.05) is 31.2 Å². The largest absolute Gasteiger partial charge is 0.308 e. The van der Waals surface area contributed by atoms with Crippen LogP contribution in [0.5, 0.6) is 0 Å². The molecule has 2 nitrogen and oxygen atoms in total. The van der Waals surface area contributed by atoms with Crippen molar-refractivity contribution in [1.29, 1.82) is 0 Å². The fourth-order valence-corrected chi connectivity index (χ4v) is 3.60. The molecule has 2 aliphatic rings. The van der Waals surface area contributed by atoms with Crippen molar-refractivity contribution in [3.8, 4) is 0 Å². The standard InChI is InChI=1S/C16H32N2/c1-4-8-15-11-17-16(5-2,6-3)13-18(15)12-14-9-7-10-14/h14-15,17H,4-13H2,1-3H3. The predicted octanol–water partition coefficient (Wildman–Crippen LogP) is 3.42. The van der Waals surface area contributed by atoms with Crippen LogP contribution in [0.1, 0.15) is 65.7 Å². The molecule has 1 N–H and O–H groups in total. The van der Waals surface area contributed by atoms with E-state index < -0.39 is 0 Å². The fraction of sp³-hybridized carbons (Fsp3) is 1.00. The summed E-state index contributed by atoms with van der Waals surface area (Å²) in [6, 6.07) is 0.793. The van der Waals surface area contributed by atoms with E-state index in [4.69, 9.17) is 0 Å². The minimum Gasteiger partial charge on any atom is -0.308 e. The van der Waals surface area contributed by atoms with Gasteiger partial charge >= 0.3 is 0 Å². The van der Waals surface area contributed by atoms with Crippen LogP contribution in [0, 0.1) is 5.92 Å². The lowest BCUT2D eigenvalue weighted by Crippen LogP contribution is -2.64. The summed E-state index contributed by atoms with van der Waals surface area (Å²) >= 11 is 0. The van der Waals surface area contributed by atoms with E-state index in [0.29, 0.717) is 5.54 Å². The molecule has 0 radical (unpaired) electrons. The average molecular weight is 252 g/mol. The van der Waals surface area contributed by atoms with Crippen molar-refractivity contribution in [2.75, 3.05) is 19.6 Å². The van der Waals surface area contributed by atoms with Gasteiger partial charge in [-0.25, -0.2) is 0 Å². The van der Waals surface area contributed by atoms with Crippen molar-refractivity contribution < 1.29 is 0 Å². The molecule has 0 aromatic heterocycles. The second-order valence-electron chi connectivity index (χ2n) is 6.54. The smallest absolute Gasteiger partial charge is 0.0304 e. The zero-order valence-electron chi connectivity index (χ0n) is 12.7. The van der Waals surface area contributed by atoms with Gasteiger partial charge in [-0.2, -0.15) is 0 Å². The Bertz CT molecular complexity index is 243. The van der Waals surface area contributed by atoms with Crippen LogP contribution in [-0.4, -0.2) is 36.1 Å². The minimum atomic E-state index is 0.397. The van der Waals surface area contributed by atoms with E-state index in [2.05, 4.69) is 31.0 Å². The summed E-state index contributed by atoms with van der Waals surface area (Å²) in [6.45, 7) is 10.9. The van der Waals surface area contributed by atoms with Gasteiger partial charge < -0.3 is 5.32 Å². The monoisotopic (exact) mass is 252 g/mol. The lowest BCUT2D eigenvalue weighted by Gasteiger charge is -2.49. The molecule has 2 fully saturated rings. The molecule has 0 bridgehead atoms. The Morgan fingerprint density at radius 3 is 2.39 bits per heavy atom. The van der Waals surface area contributed by atoms with Gasteiger partial charge in [0.05, 0.1) is 0 Å². The van der Waals surface area contributed by atoms with Crippen LogP contribution in [0.15, 0.2) is 0 Å². The number of hydrogen-bond donors (Lipinski definition) is 1. The van der Waals surface area contributed by atoms with Crippen LogP contribution in [0.25, 0.3) is 0 Å². The van der Waals surface area contributed by atoms with Crippen molar-refractivity contribution in [1.82, 2.24) is 10.2 Å². The number of piperazine rings is 1. The lowest BCUT2D eigenvalue weighted by atomic mass is 9.82. The summed E-state index contributed by atoms with van der Waals surface area (Å²) in [5, 5.41) is 3.86. The summed E-state index contributed by atoms with van der Waals surface area (Å²) in [4.78, 5) is 2.83. The first-order valence-corrected chi connectivity index (χ1v) is 8.22. The minimum absolute atomic E-state index is 0.397. The maximum Gasteiger partial charge on any atom is 0.0304 e. The zero-order chi connectivity index (χ0) is 13.0. The van der Waals surface area contributed by atoms with Crippen molar-refractivity contribution in [3.63, 3.8) is 0 Å². The van der Waals surface area contributed by atoms with E-state index in [1.54, 1.807) is 0 Å². The molecule has 1 saturated carbocycles. The Kier molecular flexibility index (Phi) is 5.08. The molecule has 1 atom stereocenters. The molecule has 0 aromatic rings. The lowest BCUT2D eigenvalue weighted by molar-refractivity contribution is 0.0427. The third-order valence-electron chi connectivity index (χ3n) is 5.43. The van der Waals surface area contributed by atoms with E-state index in [0.717, 1.165) is 12.0 Å². The molecular formula is C16H32N2. The summed E-state index contributed by atoms with van der Waals surface area (Å²) in [7, 11) is 0. The first-order chi connectivity index (χ1) is 8.73. The van der Waals surface area contributed by atoms with Crippen LogP contribution in [0.4, 0.5) is 0 Å². The Morgan fingerprint density at radius 2 is 1.89 bits per heavy atom. The molecule has 1 heterocycles. The fourth-order valence-electron chi connectivity index (χ4n) is 3.60. The highest BCUT2D eigenvalue weighted by atomic mass is 15.3. The predicted molar refractivity (Wildman–Crippen MR) is 78.9 cm³/mol. The maximum atomic E-state index is 3.86. The third-order valence-corrected chi connectivity index (χ3v) is 5.43. The van der Waals surface area contributed by atoms with Gasteiger partial charge in [-0.3, -0.25) is 4.90 Å². The average Bonchev–Trinajstić information content (AvgIpc) is 2.36. The molecule has 0 spiro atoms. The van der Waals surface area contributed by atoms with Crippen LogP contribution in [0.3, 0.4) is 0 Å². The highest BCUT2D eigenvalue weighted by Crippen LogP contribution is 2.31. The Morgan fingerprint density at radius 1 is 1.17 bits per heavy atom. The molecule has 2 rings (SSSR count). The van der Waals surface area contributed by atoms with Crippen LogP contribution in [0.2, 0.25) is 0 Å². The molecule has 1 saturated heterocycles. The first kappa shape index (κ1) is 14.3. The summed E-state index contributed by atoms with van der Waals surface area (Å²) in [5.41, 5.74) is 0.397. The molecule has 0 amide bonds. The van der Waals surface area contributed by atoms with Gasteiger partial charge in [0.25, 0.3) is 0 Å². The van der Waals surface area contributed by atoms with Crippen molar-refractivity contribution in [2.24, 2.45) is 5.92 Å². The molecule has 1 aliphatic carbocycles. The van der Waals surface area contributed by atoms with Gasteiger partial charge in [0.2, 0.25) is 0 Å². The molecule has 106 valence electrons. The van der Waals surface area contributed by atoms with Gasteiger partial charge in [0.1, 0.15) is 0 Å². The van der Waals surface area contributed by atoms with E-state index in [9.17, 15) is 0 Å². The number of nitrogens with one attached hydrogen (secondary N) is 1. The zero-order valence-corrected chi connectivity index (χ0v) is 12.7. The van der Waals surface area contributed by atoms with E-state index in [-0.39, 0.29) is 0 Å². The van der Waals surface area contributed by atoms with Gasteiger partial charge in [-0.15, -0.1) is 0 Å². The quantitative estimate of drug-likeness (QED) is 0.779. The van der Waals surface area contributed by atoms with Crippen molar-refractivity contribution in [3.05, 3.63) is 0 Å². The molecule has 18 heavy (non-hydrogen) atoms. The number of nitrogens with zero attached hydrogens (tertiary/aromatic N) is 1. The SMILES string of the molecule is CCCC1CNC(CC)(CC)CN1CC1CCC1. The van der Waals surface area contributed by atoms with Crippen molar-refractivity contribution >= 4 is 0 Å². The van der Waals surface area contributed by atoms with Gasteiger partial charge in [-0.1, -0.05) is 33.6 Å². The normalized spacial score (nSPS) is 29.2. The Labute approximate surface area is 114 Å². The van der Waals surface area contributed by atoms with E-state index in [1.165, 1.54) is 64.6 Å². The summed E-state index contributed by atoms with van der Waals surface area (Å²) in [5.74, 6) is 1.01. The Balaban J connectivity index is 1.97. The first-order valence-electron chi connectivity index (χ1n) is 8.22. The van der Waals surface area contributed by atoms with Crippen LogP contribution < -0.4 is 5.32 Å².